The Bertz CT molecular complexity index is 467. The molecule has 88 valence electrons. The van der Waals surface area contributed by atoms with Crippen LogP contribution in [0.2, 0.25) is 0 Å². The zero-order valence-electron chi connectivity index (χ0n) is 9.31. The summed E-state index contributed by atoms with van der Waals surface area (Å²) in [7, 11) is 0. The second kappa shape index (κ2) is 4.82. The van der Waals surface area contributed by atoms with E-state index in [-0.39, 0.29) is 18.9 Å². The van der Waals surface area contributed by atoms with Gasteiger partial charge in [0.15, 0.2) is 5.78 Å². The summed E-state index contributed by atoms with van der Waals surface area (Å²) in [5, 5.41) is 3.05. The van der Waals surface area contributed by atoms with Gasteiger partial charge in [0.2, 0.25) is 0 Å². The predicted molar refractivity (Wildman–Crippen MR) is 63.9 cm³/mol. The highest BCUT2D eigenvalue weighted by molar-refractivity contribution is 6.13. The average molecular weight is 231 g/mol. The van der Waals surface area contributed by atoms with Gasteiger partial charge in [-0.1, -0.05) is 24.8 Å². The number of nitrogens with one attached hydrogen (secondary N) is 1. The van der Waals surface area contributed by atoms with Gasteiger partial charge in [0.05, 0.1) is 0 Å². The van der Waals surface area contributed by atoms with Crippen LogP contribution in [0.3, 0.4) is 0 Å². The van der Waals surface area contributed by atoms with Crippen LogP contribution in [-0.4, -0.2) is 24.9 Å². The van der Waals surface area contributed by atoms with Gasteiger partial charge in [-0.05, 0) is 12.1 Å². The van der Waals surface area contributed by atoms with Gasteiger partial charge >= 0.3 is 5.97 Å². The molecule has 1 aromatic carbocycles. The van der Waals surface area contributed by atoms with Crippen molar-refractivity contribution in [2.45, 2.75) is 0 Å². The number of para-hydroxylation sites is 1. The molecule has 0 bridgehead atoms. The van der Waals surface area contributed by atoms with E-state index in [0.717, 1.165) is 5.69 Å². The summed E-state index contributed by atoms with van der Waals surface area (Å²) in [5.41, 5.74) is 1.31. The third kappa shape index (κ3) is 2.20. The Morgan fingerprint density at radius 3 is 3.06 bits per heavy atom. The van der Waals surface area contributed by atoms with Crippen LogP contribution in [0.25, 0.3) is 0 Å². The Kier molecular flexibility index (Phi) is 3.23. The van der Waals surface area contributed by atoms with E-state index in [4.69, 9.17) is 4.74 Å². The molecule has 0 amide bonds. The number of carbonyl (C=O) groups excluding carboxylic acids is 2. The number of Topliss-reactive ketones (excluding diaryl/α,β-unsaturated/α-hetero) is 1. The highest BCUT2D eigenvalue weighted by atomic mass is 16.5. The number of esters is 1. The molecule has 0 fully saturated rings. The lowest BCUT2D eigenvalue weighted by molar-refractivity contribution is -0.145. The molecule has 1 atom stereocenters. The molecule has 4 nitrogen and oxygen atoms in total. The Hall–Kier alpha value is -2.10. The van der Waals surface area contributed by atoms with Crippen molar-refractivity contribution in [2.24, 2.45) is 5.92 Å². The first-order valence-corrected chi connectivity index (χ1v) is 5.38. The Morgan fingerprint density at radius 1 is 1.53 bits per heavy atom. The number of ketones is 1. The van der Waals surface area contributed by atoms with Crippen molar-refractivity contribution in [2.75, 3.05) is 18.5 Å². The number of carbonyl (C=O) groups is 2. The van der Waals surface area contributed by atoms with Gasteiger partial charge in [0, 0.05) is 17.8 Å². The lowest BCUT2D eigenvalue weighted by atomic mass is 9.92. The second-order valence-corrected chi connectivity index (χ2v) is 3.76. The second-order valence-electron chi connectivity index (χ2n) is 3.76. The van der Waals surface area contributed by atoms with Crippen molar-refractivity contribution in [1.29, 1.82) is 0 Å². The third-order valence-corrected chi connectivity index (χ3v) is 2.63. The maximum absolute atomic E-state index is 12.1. The molecular formula is C13H13NO3. The molecule has 1 N–H and O–H groups in total. The first-order chi connectivity index (χ1) is 8.24. The van der Waals surface area contributed by atoms with Crippen molar-refractivity contribution in [3.05, 3.63) is 42.5 Å². The fourth-order valence-corrected chi connectivity index (χ4v) is 1.78. The van der Waals surface area contributed by atoms with Crippen LogP contribution < -0.4 is 5.32 Å². The van der Waals surface area contributed by atoms with Crippen LogP contribution in [0.1, 0.15) is 10.4 Å². The zero-order valence-corrected chi connectivity index (χ0v) is 9.31. The van der Waals surface area contributed by atoms with Gasteiger partial charge in [-0.15, -0.1) is 0 Å². The summed E-state index contributed by atoms with van der Waals surface area (Å²) < 4.78 is 4.90. The summed E-state index contributed by atoms with van der Waals surface area (Å²) in [6.07, 6.45) is 1.48. The molecule has 1 aliphatic heterocycles. The van der Waals surface area contributed by atoms with Crippen LogP contribution >= 0.6 is 0 Å². The number of anilines is 1. The Morgan fingerprint density at radius 2 is 2.29 bits per heavy atom. The van der Waals surface area contributed by atoms with E-state index in [2.05, 4.69) is 11.9 Å². The topological polar surface area (TPSA) is 55.4 Å². The summed E-state index contributed by atoms with van der Waals surface area (Å²) in [6, 6.07) is 7.14. The van der Waals surface area contributed by atoms with Crippen molar-refractivity contribution in [1.82, 2.24) is 0 Å². The summed E-state index contributed by atoms with van der Waals surface area (Å²) in [4.78, 5) is 23.7. The highest BCUT2D eigenvalue weighted by Crippen LogP contribution is 2.24. The van der Waals surface area contributed by atoms with E-state index in [1.807, 2.05) is 12.1 Å². The normalized spacial score (nSPS) is 17.9. The Balaban J connectivity index is 2.17. The van der Waals surface area contributed by atoms with Crippen molar-refractivity contribution < 1.29 is 14.3 Å². The van der Waals surface area contributed by atoms with Gasteiger partial charge in [0.25, 0.3) is 0 Å². The third-order valence-electron chi connectivity index (χ3n) is 2.63. The van der Waals surface area contributed by atoms with Crippen molar-refractivity contribution >= 4 is 17.4 Å². The maximum Gasteiger partial charge on any atom is 0.319 e. The molecule has 1 unspecified atom stereocenters. The van der Waals surface area contributed by atoms with E-state index in [1.54, 1.807) is 12.1 Å². The van der Waals surface area contributed by atoms with Crippen molar-refractivity contribution in [3.8, 4) is 0 Å². The average Bonchev–Trinajstić information content (AvgIpc) is 2.37. The van der Waals surface area contributed by atoms with E-state index in [1.165, 1.54) is 6.08 Å². The number of rotatable bonds is 3. The SMILES string of the molecule is C=CCOC(=O)C1CNc2ccccc2C1=O. The van der Waals surface area contributed by atoms with E-state index in [9.17, 15) is 9.59 Å². The van der Waals surface area contributed by atoms with Crippen LogP contribution in [0.15, 0.2) is 36.9 Å². The molecule has 2 rings (SSSR count). The van der Waals surface area contributed by atoms with E-state index in [0.29, 0.717) is 5.56 Å². The number of hydrogen-bond donors (Lipinski definition) is 1. The molecule has 0 radical (unpaired) electrons. The monoisotopic (exact) mass is 231 g/mol. The largest absolute Gasteiger partial charge is 0.461 e. The Labute approximate surface area is 99.3 Å². The molecule has 1 heterocycles. The number of hydrogen-bond acceptors (Lipinski definition) is 4. The quantitative estimate of drug-likeness (QED) is 0.488. The van der Waals surface area contributed by atoms with Gasteiger partial charge < -0.3 is 10.1 Å². The van der Waals surface area contributed by atoms with E-state index >= 15 is 0 Å². The summed E-state index contributed by atoms with van der Waals surface area (Å²) >= 11 is 0. The highest BCUT2D eigenvalue weighted by Gasteiger charge is 2.33. The van der Waals surface area contributed by atoms with Crippen LogP contribution in [0.4, 0.5) is 5.69 Å². The molecule has 0 spiro atoms. The van der Waals surface area contributed by atoms with E-state index < -0.39 is 11.9 Å². The standard InChI is InChI=1S/C13H13NO3/c1-2-7-17-13(16)10-8-14-11-6-4-3-5-9(11)12(10)15/h2-6,10,14H,1,7-8H2. The maximum atomic E-state index is 12.1. The van der Waals surface area contributed by atoms with Gasteiger partial charge in [0.1, 0.15) is 12.5 Å². The number of ether oxygens (including phenoxy) is 1. The molecule has 1 aliphatic rings. The number of fused-ring (bicyclic) bond motifs is 1. The fraction of sp³-hybridized carbons (Fsp3) is 0.231. The molecule has 0 aliphatic carbocycles. The zero-order chi connectivity index (χ0) is 12.3. The van der Waals surface area contributed by atoms with Crippen LogP contribution in [-0.2, 0) is 9.53 Å². The molecular weight excluding hydrogens is 218 g/mol. The smallest absolute Gasteiger partial charge is 0.319 e. The first kappa shape index (κ1) is 11.4. The molecule has 0 aromatic heterocycles. The first-order valence-electron chi connectivity index (χ1n) is 5.38. The fourth-order valence-electron chi connectivity index (χ4n) is 1.78. The number of benzene rings is 1. The molecule has 0 saturated heterocycles. The van der Waals surface area contributed by atoms with Crippen LogP contribution in [0, 0.1) is 5.92 Å². The minimum absolute atomic E-state index is 0.129. The van der Waals surface area contributed by atoms with Gasteiger partial charge in [-0.25, -0.2) is 0 Å². The minimum atomic E-state index is -0.759. The van der Waals surface area contributed by atoms with Crippen molar-refractivity contribution in [3.63, 3.8) is 0 Å². The van der Waals surface area contributed by atoms with Gasteiger partial charge in [-0.3, -0.25) is 9.59 Å². The minimum Gasteiger partial charge on any atom is -0.461 e. The lowest BCUT2D eigenvalue weighted by Crippen LogP contribution is -2.36. The molecule has 17 heavy (non-hydrogen) atoms. The molecule has 4 heteroatoms. The summed E-state index contributed by atoms with van der Waals surface area (Å²) in [6.45, 7) is 3.87. The molecule has 0 saturated carbocycles. The van der Waals surface area contributed by atoms with Gasteiger partial charge in [-0.2, -0.15) is 0 Å². The van der Waals surface area contributed by atoms with Crippen LogP contribution in [0.5, 0.6) is 0 Å². The lowest BCUT2D eigenvalue weighted by Gasteiger charge is -2.23. The predicted octanol–water partition coefficient (Wildman–Crippen LogP) is 1.64. The molecule has 1 aromatic rings. The summed E-state index contributed by atoms with van der Waals surface area (Å²) in [5.74, 6) is -1.45.